The molecule has 3 heteroatoms. The van der Waals surface area contributed by atoms with E-state index in [1.165, 1.54) is 0 Å². The summed E-state index contributed by atoms with van der Waals surface area (Å²) < 4.78 is 5.05. The predicted molar refractivity (Wildman–Crippen MR) is 53.6 cm³/mol. The first-order valence-electron chi connectivity index (χ1n) is 4.77. The Bertz CT molecular complexity index is 166. The van der Waals surface area contributed by atoms with E-state index in [0.29, 0.717) is 5.92 Å². The topological polar surface area (TPSA) is 38.3 Å². The highest BCUT2D eigenvalue weighted by Gasteiger charge is 2.26. The Morgan fingerprint density at radius 3 is 2.46 bits per heavy atom. The summed E-state index contributed by atoms with van der Waals surface area (Å²) in [4.78, 5) is 11.5. The van der Waals surface area contributed by atoms with Crippen LogP contribution in [0.3, 0.4) is 0 Å². The standard InChI is InChI=1S/C10H21NO2/c1-6-8(2)7-11-9(12)10(3,4)13-5/h8H,6-7H2,1-5H3,(H,11,12). The van der Waals surface area contributed by atoms with Crippen LogP contribution in [0.5, 0.6) is 0 Å². The summed E-state index contributed by atoms with van der Waals surface area (Å²) in [6.07, 6.45) is 1.08. The fourth-order valence-corrected chi connectivity index (χ4v) is 0.717. The van der Waals surface area contributed by atoms with E-state index in [1.54, 1.807) is 21.0 Å². The molecule has 1 atom stereocenters. The molecule has 1 N–H and O–H groups in total. The molecule has 0 aliphatic rings. The van der Waals surface area contributed by atoms with Crippen LogP contribution in [-0.2, 0) is 9.53 Å². The van der Waals surface area contributed by atoms with Gasteiger partial charge in [-0.1, -0.05) is 20.3 Å². The monoisotopic (exact) mass is 187 g/mol. The van der Waals surface area contributed by atoms with Gasteiger partial charge in [0.2, 0.25) is 0 Å². The van der Waals surface area contributed by atoms with Crippen LogP contribution >= 0.6 is 0 Å². The summed E-state index contributed by atoms with van der Waals surface area (Å²) in [5.41, 5.74) is -0.715. The second kappa shape index (κ2) is 5.22. The van der Waals surface area contributed by atoms with Crippen molar-refractivity contribution in [3.05, 3.63) is 0 Å². The summed E-state index contributed by atoms with van der Waals surface area (Å²) >= 11 is 0. The zero-order valence-electron chi connectivity index (χ0n) is 9.31. The van der Waals surface area contributed by atoms with Crippen LogP contribution in [0.4, 0.5) is 0 Å². The van der Waals surface area contributed by atoms with Crippen molar-refractivity contribution >= 4 is 5.91 Å². The maximum atomic E-state index is 11.5. The van der Waals surface area contributed by atoms with Gasteiger partial charge in [-0.2, -0.15) is 0 Å². The van der Waals surface area contributed by atoms with E-state index < -0.39 is 5.60 Å². The van der Waals surface area contributed by atoms with Gasteiger partial charge in [0.05, 0.1) is 0 Å². The number of methoxy groups -OCH3 is 1. The number of hydrogen-bond donors (Lipinski definition) is 1. The molecule has 0 aliphatic heterocycles. The maximum absolute atomic E-state index is 11.5. The van der Waals surface area contributed by atoms with Gasteiger partial charge < -0.3 is 10.1 Å². The highest BCUT2D eigenvalue weighted by atomic mass is 16.5. The van der Waals surface area contributed by atoms with Crippen LogP contribution in [0.1, 0.15) is 34.1 Å². The van der Waals surface area contributed by atoms with Gasteiger partial charge in [-0.15, -0.1) is 0 Å². The molecular weight excluding hydrogens is 166 g/mol. The molecule has 0 radical (unpaired) electrons. The third-order valence-electron chi connectivity index (χ3n) is 2.37. The van der Waals surface area contributed by atoms with E-state index in [-0.39, 0.29) is 5.91 Å². The lowest BCUT2D eigenvalue weighted by Gasteiger charge is -2.22. The highest BCUT2D eigenvalue weighted by molar-refractivity contribution is 5.84. The molecule has 0 aliphatic carbocycles. The lowest BCUT2D eigenvalue weighted by atomic mass is 10.1. The third kappa shape index (κ3) is 4.27. The number of nitrogens with one attached hydrogen (secondary N) is 1. The van der Waals surface area contributed by atoms with Crippen LogP contribution in [0, 0.1) is 5.92 Å². The van der Waals surface area contributed by atoms with Crippen molar-refractivity contribution in [1.29, 1.82) is 0 Å². The molecule has 3 nitrogen and oxygen atoms in total. The van der Waals surface area contributed by atoms with E-state index >= 15 is 0 Å². The Kier molecular flexibility index (Phi) is 4.99. The molecule has 13 heavy (non-hydrogen) atoms. The van der Waals surface area contributed by atoms with Gasteiger partial charge in [0.15, 0.2) is 0 Å². The minimum Gasteiger partial charge on any atom is -0.369 e. The molecule has 0 rings (SSSR count). The second-order valence-electron chi connectivity index (χ2n) is 3.94. The maximum Gasteiger partial charge on any atom is 0.251 e. The molecule has 0 aromatic carbocycles. The van der Waals surface area contributed by atoms with Crippen molar-refractivity contribution in [3.8, 4) is 0 Å². The van der Waals surface area contributed by atoms with E-state index in [2.05, 4.69) is 19.2 Å². The molecule has 0 saturated carbocycles. The Hall–Kier alpha value is -0.570. The molecule has 78 valence electrons. The molecule has 0 saturated heterocycles. The Morgan fingerprint density at radius 1 is 1.54 bits per heavy atom. The van der Waals surface area contributed by atoms with Gasteiger partial charge in [0.25, 0.3) is 5.91 Å². The smallest absolute Gasteiger partial charge is 0.251 e. The normalized spacial score (nSPS) is 13.9. The summed E-state index contributed by atoms with van der Waals surface area (Å²) in [5, 5.41) is 2.86. The molecule has 0 aromatic rings. The summed E-state index contributed by atoms with van der Waals surface area (Å²) in [6.45, 7) is 8.47. The first-order chi connectivity index (χ1) is 5.94. The van der Waals surface area contributed by atoms with E-state index in [9.17, 15) is 4.79 Å². The molecule has 1 unspecified atom stereocenters. The largest absolute Gasteiger partial charge is 0.369 e. The first kappa shape index (κ1) is 12.4. The van der Waals surface area contributed by atoms with Crippen molar-refractivity contribution in [2.45, 2.75) is 39.7 Å². The molecule has 0 aromatic heterocycles. The first-order valence-corrected chi connectivity index (χ1v) is 4.77. The third-order valence-corrected chi connectivity index (χ3v) is 2.37. The zero-order valence-corrected chi connectivity index (χ0v) is 9.31. The van der Waals surface area contributed by atoms with Gasteiger partial charge in [0.1, 0.15) is 5.60 Å². The molecular formula is C10H21NO2. The minimum absolute atomic E-state index is 0.0460. The summed E-state index contributed by atoms with van der Waals surface area (Å²) in [5.74, 6) is 0.479. The van der Waals surface area contributed by atoms with Crippen LogP contribution in [-0.4, -0.2) is 25.2 Å². The average molecular weight is 187 g/mol. The highest BCUT2D eigenvalue weighted by Crippen LogP contribution is 2.07. The van der Waals surface area contributed by atoms with Gasteiger partial charge in [-0.3, -0.25) is 4.79 Å². The average Bonchev–Trinajstić information content (AvgIpc) is 2.13. The van der Waals surface area contributed by atoms with E-state index in [1.807, 2.05) is 0 Å². The summed E-state index contributed by atoms with van der Waals surface area (Å²) in [6, 6.07) is 0. The molecule has 0 heterocycles. The van der Waals surface area contributed by atoms with Crippen molar-refractivity contribution in [2.75, 3.05) is 13.7 Å². The fraction of sp³-hybridized carbons (Fsp3) is 0.900. The van der Waals surface area contributed by atoms with Gasteiger partial charge in [0, 0.05) is 13.7 Å². The number of carbonyl (C=O) groups is 1. The Balaban J connectivity index is 3.88. The fourth-order valence-electron chi connectivity index (χ4n) is 0.717. The van der Waals surface area contributed by atoms with Crippen LogP contribution in [0.15, 0.2) is 0 Å². The van der Waals surface area contributed by atoms with E-state index in [0.717, 1.165) is 13.0 Å². The number of rotatable bonds is 5. The molecule has 0 spiro atoms. The number of hydrogen-bond acceptors (Lipinski definition) is 2. The van der Waals surface area contributed by atoms with Gasteiger partial charge in [-0.05, 0) is 19.8 Å². The lowest BCUT2D eigenvalue weighted by Crippen LogP contribution is -2.44. The predicted octanol–water partition coefficient (Wildman–Crippen LogP) is 1.57. The van der Waals surface area contributed by atoms with Crippen LogP contribution in [0.25, 0.3) is 0 Å². The lowest BCUT2D eigenvalue weighted by molar-refractivity contribution is -0.139. The summed E-state index contributed by atoms with van der Waals surface area (Å²) in [7, 11) is 1.54. The van der Waals surface area contributed by atoms with Crippen LogP contribution < -0.4 is 5.32 Å². The zero-order chi connectivity index (χ0) is 10.5. The van der Waals surface area contributed by atoms with Gasteiger partial charge >= 0.3 is 0 Å². The van der Waals surface area contributed by atoms with Crippen molar-refractivity contribution < 1.29 is 9.53 Å². The number of amides is 1. The molecule has 1 amide bonds. The van der Waals surface area contributed by atoms with Crippen molar-refractivity contribution in [1.82, 2.24) is 5.32 Å². The van der Waals surface area contributed by atoms with Crippen molar-refractivity contribution in [2.24, 2.45) is 5.92 Å². The quantitative estimate of drug-likeness (QED) is 0.709. The van der Waals surface area contributed by atoms with Crippen molar-refractivity contribution in [3.63, 3.8) is 0 Å². The SMILES string of the molecule is CCC(C)CNC(=O)C(C)(C)OC. The number of ether oxygens (including phenoxy) is 1. The second-order valence-corrected chi connectivity index (χ2v) is 3.94. The Morgan fingerprint density at radius 2 is 2.08 bits per heavy atom. The van der Waals surface area contributed by atoms with Gasteiger partial charge in [-0.25, -0.2) is 0 Å². The number of carbonyl (C=O) groups excluding carboxylic acids is 1. The minimum atomic E-state index is -0.715. The molecule has 0 fully saturated rings. The van der Waals surface area contributed by atoms with E-state index in [4.69, 9.17) is 4.74 Å². The molecule has 0 bridgehead atoms. The Labute approximate surface area is 80.8 Å². The van der Waals surface area contributed by atoms with Crippen LogP contribution in [0.2, 0.25) is 0 Å².